The van der Waals surface area contributed by atoms with E-state index >= 15 is 4.39 Å². The molecule has 2 unspecified atom stereocenters. The number of carbonyl (C=O) groups is 2. The summed E-state index contributed by atoms with van der Waals surface area (Å²) in [6, 6.07) is 3.00. The molecule has 1 aliphatic heterocycles. The molecule has 0 aliphatic carbocycles. The number of carboxylic acids is 1. The molecule has 3 heterocycles. The highest BCUT2D eigenvalue weighted by molar-refractivity contribution is 5.76. The largest absolute Gasteiger partial charge is 0.481 e. The van der Waals surface area contributed by atoms with Gasteiger partial charge in [-0.05, 0) is 65.5 Å². The first-order valence-electron chi connectivity index (χ1n) is 11.5. The number of amides is 1. The van der Waals surface area contributed by atoms with Gasteiger partial charge < -0.3 is 20.4 Å². The van der Waals surface area contributed by atoms with Crippen molar-refractivity contribution in [1.29, 1.82) is 0 Å². The van der Waals surface area contributed by atoms with Crippen molar-refractivity contribution < 1.29 is 24.2 Å². The van der Waals surface area contributed by atoms with E-state index in [2.05, 4.69) is 15.4 Å². The van der Waals surface area contributed by atoms with Gasteiger partial charge in [0.2, 0.25) is 0 Å². The molecule has 1 saturated heterocycles. The molecule has 3 rings (SSSR count). The zero-order valence-corrected chi connectivity index (χ0v) is 20.6. The Morgan fingerprint density at radius 2 is 1.94 bits per heavy atom. The number of aliphatic carboxylic acids is 1. The minimum atomic E-state index is -1.30. The average molecular weight is 476 g/mol. The van der Waals surface area contributed by atoms with Crippen LogP contribution in [0.4, 0.5) is 20.8 Å². The van der Waals surface area contributed by atoms with E-state index in [1.807, 2.05) is 45.4 Å². The van der Waals surface area contributed by atoms with Crippen molar-refractivity contribution in [2.45, 2.75) is 78.8 Å². The monoisotopic (exact) mass is 475 g/mol. The molecular formula is C24H34FN5O4. The second kappa shape index (κ2) is 9.23. The molecule has 0 spiro atoms. The van der Waals surface area contributed by atoms with Gasteiger partial charge in [-0.3, -0.25) is 9.48 Å². The van der Waals surface area contributed by atoms with Gasteiger partial charge >= 0.3 is 12.1 Å². The first kappa shape index (κ1) is 25.5. The number of carboxylic acid groups (broad SMARTS) is 2. The summed E-state index contributed by atoms with van der Waals surface area (Å²) in [5.41, 5.74) is -0.0666. The minimum Gasteiger partial charge on any atom is -0.481 e. The van der Waals surface area contributed by atoms with Gasteiger partial charge in [-0.1, -0.05) is 6.92 Å². The molecule has 9 nitrogen and oxygen atoms in total. The van der Waals surface area contributed by atoms with Crippen LogP contribution in [0.25, 0.3) is 0 Å². The third-order valence-corrected chi connectivity index (χ3v) is 6.52. The predicted molar refractivity (Wildman–Crippen MR) is 126 cm³/mol. The van der Waals surface area contributed by atoms with Crippen molar-refractivity contribution in [2.24, 2.45) is 5.41 Å². The Morgan fingerprint density at radius 3 is 2.44 bits per heavy atom. The van der Waals surface area contributed by atoms with E-state index in [4.69, 9.17) is 0 Å². The fourth-order valence-electron chi connectivity index (χ4n) is 4.79. The second-order valence-corrected chi connectivity index (χ2v) is 10.2. The molecule has 2 atom stereocenters. The molecule has 0 aromatic carbocycles. The molecule has 0 saturated carbocycles. The summed E-state index contributed by atoms with van der Waals surface area (Å²) in [4.78, 5) is 29.5. The van der Waals surface area contributed by atoms with E-state index < -0.39 is 29.3 Å². The van der Waals surface area contributed by atoms with Crippen molar-refractivity contribution in [3.05, 3.63) is 34.9 Å². The maximum Gasteiger partial charge on any atom is 0.407 e. The zero-order valence-electron chi connectivity index (χ0n) is 20.6. The quantitative estimate of drug-likeness (QED) is 0.560. The number of rotatable bonds is 6. The first-order chi connectivity index (χ1) is 15.8. The minimum absolute atomic E-state index is 0.0622. The summed E-state index contributed by atoms with van der Waals surface area (Å²) in [5, 5.41) is 27.2. The Labute approximate surface area is 199 Å². The number of aromatic nitrogens is 3. The number of halogens is 1. The summed E-state index contributed by atoms with van der Waals surface area (Å²) in [5.74, 6) is -0.626. The van der Waals surface area contributed by atoms with Crippen molar-refractivity contribution >= 4 is 23.7 Å². The molecule has 2 aromatic rings. The van der Waals surface area contributed by atoms with E-state index in [-0.39, 0.29) is 37.0 Å². The van der Waals surface area contributed by atoms with Gasteiger partial charge in [0, 0.05) is 30.8 Å². The summed E-state index contributed by atoms with van der Waals surface area (Å²) < 4.78 is 17.2. The molecule has 1 fully saturated rings. The van der Waals surface area contributed by atoms with E-state index in [9.17, 15) is 19.8 Å². The molecule has 10 heteroatoms. The van der Waals surface area contributed by atoms with Crippen LogP contribution in [0.2, 0.25) is 0 Å². The number of pyridine rings is 1. The van der Waals surface area contributed by atoms with Crippen LogP contribution >= 0.6 is 0 Å². The number of nitrogens with one attached hydrogen (secondary N) is 1. The second-order valence-electron chi connectivity index (χ2n) is 10.2. The first-order valence-corrected chi connectivity index (χ1v) is 11.5. The zero-order chi connectivity index (χ0) is 25.4. The summed E-state index contributed by atoms with van der Waals surface area (Å²) in [6.45, 7) is 11.7. The van der Waals surface area contributed by atoms with Crippen LogP contribution in [0.1, 0.15) is 64.4 Å². The molecule has 0 bridgehead atoms. The van der Waals surface area contributed by atoms with Gasteiger partial charge in [0.1, 0.15) is 11.6 Å². The number of hydrogen-bond donors (Lipinski definition) is 3. The van der Waals surface area contributed by atoms with Gasteiger partial charge in [0.25, 0.3) is 0 Å². The van der Waals surface area contributed by atoms with Crippen molar-refractivity contribution in [2.75, 3.05) is 11.9 Å². The highest BCUT2D eigenvalue weighted by atomic mass is 19.1. The van der Waals surface area contributed by atoms with Crippen LogP contribution in [-0.2, 0) is 23.2 Å². The maximum atomic E-state index is 15.3. The molecule has 2 aromatic heterocycles. The normalized spacial score (nSPS) is 20.9. The standard InChI is InChI=1S/C24H34FN5O4/c1-7-16-11-18(27-19-10-14(2)30(28-19)23(4,5)6)26-17(20(16)25)13-24(21(31)32)8-9-29(22(33)34)15(3)12-24/h10-11,15H,7-9,12-13H2,1-6H3,(H,31,32)(H,33,34)(H,26,27,28). The van der Waals surface area contributed by atoms with Crippen LogP contribution in [0, 0.1) is 18.2 Å². The summed E-state index contributed by atoms with van der Waals surface area (Å²) >= 11 is 0. The molecular weight excluding hydrogens is 441 g/mol. The van der Waals surface area contributed by atoms with E-state index in [1.54, 1.807) is 13.0 Å². The Morgan fingerprint density at radius 1 is 1.26 bits per heavy atom. The summed E-state index contributed by atoms with van der Waals surface area (Å²) in [6.07, 6.45) is -0.614. The number of anilines is 2. The Hall–Kier alpha value is -3.17. The highest BCUT2D eigenvalue weighted by Gasteiger charge is 2.46. The molecule has 1 aliphatic rings. The lowest BCUT2D eigenvalue weighted by Crippen LogP contribution is -2.51. The van der Waals surface area contributed by atoms with Crippen LogP contribution < -0.4 is 5.32 Å². The Balaban J connectivity index is 1.95. The van der Waals surface area contributed by atoms with Crippen LogP contribution in [0.5, 0.6) is 0 Å². The topological polar surface area (TPSA) is 121 Å². The van der Waals surface area contributed by atoms with Crippen molar-refractivity contribution in [3.8, 4) is 0 Å². The van der Waals surface area contributed by atoms with Gasteiger partial charge in [-0.25, -0.2) is 14.2 Å². The lowest BCUT2D eigenvalue weighted by atomic mass is 9.72. The lowest BCUT2D eigenvalue weighted by Gasteiger charge is -2.42. The SMILES string of the molecule is CCc1cc(Nc2cc(C)n(C(C)(C)C)n2)nc(CC2(C(=O)O)CCN(C(=O)O)C(C)C2)c1F. The van der Waals surface area contributed by atoms with Crippen LogP contribution in [0.3, 0.4) is 0 Å². The summed E-state index contributed by atoms with van der Waals surface area (Å²) in [7, 11) is 0. The number of nitrogens with zero attached hydrogens (tertiary/aromatic N) is 4. The number of piperidine rings is 1. The van der Waals surface area contributed by atoms with Gasteiger partial charge in [0.05, 0.1) is 16.6 Å². The predicted octanol–water partition coefficient (Wildman–Crippen LogP) is 4.56. The Bertz CT molecular complexity index is 1090. The third kappa shape index (κ3) is 5.00. The number of hydrogen-bond acceptors (Lipinski definition) is 5. The molecule has 1 amide bonds. The highest BCUT2D eigenvalue weighted by Crippen LogP contribution is 2.39. The molecule has 3 N–H and O–H groups in total. The Kier molecular flexibility index (Phi) is 6.91. The van der Waals surface area contributed by atoms with E-state index in [0.717, 1.165) is 5.69 Å². The van der Waals surface area contributed by atoms with E-state index in [0.29, 0.717) is 23.6 Å². The number of likely N-dealkylation sites (tertiary alicyclic amines) is 1. The van der Waals surface area contributed by atoms with Crippen LogP contribution in [0.15, 0.2) is 12.1 Å². The lowest BCUT2D eigenvalue weighted by molar-refractivity contribution is -0.153. The maximum absolute atomic E-state index is 15.3. The number of aryl methyl sites for hydroxylation is 2. The smallest absolute Gasteiger partial charge is 0.407 e. The molecule has 186 valence electrons. The van der Waals surface area contributed by atoms with Gasteiger partial charge in [-0.15, -0.1) is 0 Å². The average Bonchev–Trinajstić information content (AvgIpc) is 3.10. The van der Waals surface area contributed by atoms with Gasteiger partial charge in [0.15, 0.2) is 5.82 Å². The van der Waals surface area contributed by atoms with Crippen LogP contribution in [-0.4, -0.2) is 54.5 Å². The van der Waals surface area contributed by atoms with Gasteiger partial charge in [-0.2, -0.15) is 5.10 Å². The molecule has 0 radical (unpaired) electrons. The fraction of sp³-hybridized carbons (Fsp3) is 0.583. The fourth-order valence-corrected chi connectivity index (χ4v) is 4.79. The van der Waals surface area contributed by atoms with E-state index in [1.165, 1.54) is 4.90 Å². The third-order valence-electron chi connectivity index (χ3n) is 6.52. The molecule has 34 heavy (non-hydrogen) atoms. The van der Waals surface area contributed by atoms with Crippen molar-refractivity contribution in [1.82, 2.24) is 19.7 Å². The van der Waals surface area contributed by atoms with Crippen molar-refractivity contribution in [3.63, 3.8) is 0 Å².